The van der Waals surface area contributed by atoms with E-state index in [-0.39, 0.29) is 6.10 Å². The first-order valence-electron chi connectivity index (χ1n) is 8.01. The molecule has 0 aromatic heterocycles. The third-order valence-electron chi connectivity index (χ3n) is 5.13. The molecule has 0 spiro atoms. The molecule has 0 aliphatic heterocycles. The third kappa shape index (κ3) is 3.02. The van der Waals surface area contributed by atoms with Gasteiger partial charge in [0.1, 0.15) is 0 Å². The highest BCUT2D eigenvalue weighted by atomic mass is 16.3. The molecule has 2 aliphatic rings. The summed E-state index contributed by atoms with van der Waals surface area (Å²) >= 11 is 0. The Hall–Kier alpha value is -0.820. The summed E-state index contributed by atoms with van der Waals surface area (Å²) in [7, 11) is 0. The zero-order chi connectivity index (χ0) is 13.2. The fourth-order valence-electron chi connectivity index (χ4n) is 3.99. The molecule has 2 aliphatic carbocycles. The summed E-state index contributed by atoms with van der Waals surface area (Å²) in [6.45, 7) is 2.33. The average molecular weight is 258 g/mol. The molecule has 1 nitrogen and oxygen atoms in total. The fraction of sp³-hybridized carbons (Fsp3) is 0.667. The van der Waals surface area contributed by atoms with Gasteiger partial charge in [-0.15, -0.1) is 0 Å². The van der Waals surface area contributed by atoms with Crippen LogP contribution in [0.5, 0.6) is 0 Å². The van der Waals surface area contributed by atoms with E-state index in [1.54, 1.807) is 0 Å². The highest BCUT2D eigenvalue weighted by Crippen LogP contribution is 2.32. The van der Waals surface area contributed by atoms with Crippen LogP contribution in [0, 0.1) is 11.8 Å². The summed E-state index contributed by atoms with van der Waals surface area (Å²) in [5.74, 6) is 1.32. The van der Waals surface area contributed by atoms with Crippen molar-refractivity contribution in [1.29, 1.82) is 0 Å². The van der Waals surface area contributed by atoms with Gasteiger partial charge in [-0.05, 0) is 67.1 Å². The topological polar surface area (TPSA) is 20.2 Å². The van der Waals surface area contributed by atoms with Gasteiger partial charge >= 0.3 is 0 Å². The van der Waals surface area contributed by atoms with Gasteiger partial charge in [0.2, 0.25) is 0 Å². The largest absolute Gasteiger partial charge is 0.392 e. The van der Waals surface area contributed by atoms with Crippen molar-refractivity contribution in [1.82, 2.24) is 0 Å². The van der Waals surface area contributed by atoms with Crippen molar-refractivity contribution >= 4 is 0 Å². The normalized spacial score (nSPS) is 28.1. The van der Waals surface area contributed by atoms with Gasteiger partial charge in [0.25, 0.3) is 0 Å². The predicted octanol–water partition coefficient (Wildman–Crippen LogP) is 3.91. The van der Waals surface area contributed by atoms with Crippen molar-refractivity contribution in [2.75, 3.05) is 0 Å². The number of fused-ring (bicyclic) bond motifs is 1. The molecular formula is C18H26O. The van der Waals surface area contributed by atoms with Gasteiger partial charge in [0.15, 0.2) is 0 Å². The van der Waals surface area contributed by atoms with Gasteiger partial charge in [-0.25, -0.2) is 0 Å². The van der Waals surface area contributed by atoms with E-state index in [1.807, 2.05) is 0 Å². The second-order valence-corrected chi connectivity index (χ2v) is 6.76. The van der Waals surface area contributed by atoms with Gasteiger partial charge in [0.05, 0.1) is 6.10 Å². The lowest BCUT2D eigenvalue weighted by molar-refractivity contribution is 0.0720. The Morgan fingerprint density at radius 3 is 2.84 bits per heavy atom. The summed E-state index contributed by atoms with van der Waals surface area (Å²) in [4.78, 5) is 0. The monoisotopic (exact) mass is 258 g/mol. The maximum absolute atomic E-state index is 10.5. The van der Waals surface area contributed by atoms with Gasteiger partial charge in [0, 0.05) is 0 Å². The third-order valence-corrected chi connectivity index (χ3v) is 5.13. The van der Waals surface area contributed by atoms with Gasteiger partial charge in [-0.3, -0.25) is 0 Å². The standard InChI is InChI=1S/C18H26O/c1-13-4-2-7-17(10-13)18(19)12-14-8-9-15-5-3-6-16(15)11-14/h8-9,11,13,17-19H,2-7,10,12H2,1H3. The molecular weight excluding hydrogens is 232 g/mol. The summed E-state index contributed by atoms with van der Waals surface area (Å²) in [6, 6.07) is 6.87. The van der Waals surface area contributed by atoms with Crippen LogP contribution in [0.1, 0.15) is 55.7 Å². The first-order chi connectivity index (χ1) is 9.22. The van der Waals surface area contributed by atoms with E-state index in [0.29, 0.717) is 5.92 Å². The summed E-state index contributed by atoms with van der Waals surface area (Å²) < 4.78 is 0. The van der Waals surface area contributed by atoms with Crippen LogP contribution in [0.15, 0.2) is 18.2 Å². The number of benzene rings is 1. The van der Waals surface area contributed by atoms with Crippen LogP contribution in [0.4, 0.5) is 0 Å². The second kappa shape index (κ2) is 5.66. The SMILES string of the molecule is CC1CCCC(C(O)Cc2ccc3c(c2)CCC3)C1. The molecule has 1 fully saturated rings. The quantitative estimate of drug-likeness (QED) is 0.871. The highest BCUT2D eigenvalue weighted by Gasteiger charge is 2.25. The van der Waals surface area contributed by atoms with E-state index in [0.717, 1.165) is 12.3 Å². The van der Waals surface area contributed by atoms with Crippen molar-refractivity contribution < 1.29 is 5.11 Å². The van der Waals surface area contributed by atoms with Crippen molar-refractivity contribution in [3.05, 3.63) is 34.9 Å². The van der Waals surface area contributed by atoms with Gasteiger partial charge < -0.3 is 5.11 Å². The van der Waals surface area contributed by atoms with Crippen LogP contribution in [0.2, 0.25) is 0 Å². The first-order valence-corrected chi connectivity index (χ1v) is 8.01. The highest BCUT2D eigenvalue weighted by molar-refractivity contribution is 5.35. The van der Waals surface area contributed by atoms with Gasteiger partial charge in [-0.1, -0.05) is 38.0 Å². The minimum atomic E-state index is -0.137. The Kier molecular flexibility index (Phi) is 3.93. The van der Waals surface area contributed by atoms with Crippen LogP contribution in [0.25, 0.3) is 0 Å². The van der Waals surface area contributed by atoms with Crippen molar-refractivity contribution in [2.24, 2.45) is 11.8 Å². The van der Waals surface area contributed by atoms with Crippen LogP contribution in [0.3, 0.4) is 0 Å². The van der Waals surface area contributed by atoms with E-state index in [9.17, 15) is 5.11 Å². The molecule has 1 aromatic rings. The number of aliphatic hydroxyl groups excluding tert-OH is 1. The Bertz CT molecular complexity index is 437. The molecule has 1 heteroatoms. The molecule has 104 valence electrons. The lowest BCUT2D eigenvalue weighted by Gasteiger charge is -2.30. The van der Waals surface area contributed by atoms with Crippen molar-refractivity contribution in [3.63, 3.8) is 0 Å². The smallest absolute Gasteiger partial charge is 0.0608 e. The molecule has 3 atom stereocenters. The molecule has 3 unspecified atom stereocenters. The molecule has 1 saturated carbocycles. The lowest BCUT2D eigenvalue weighted by Crippen LogP contribution is -2.27. The van der Waals surface area contributed by atoms with E-state index >= 15 is 0 Å². The van der Waals surface area contributed by atoms with Crippen LogP contribution < -0.4 is 0 Å². The Balaban J connectivity index is 1.64. The minimum absolute atomic E-state index is 0.137. The molecule has 0 amide bonds. The predicted molar refractivity (Wildman–Crippen MR) is 79.3 cm³/mol. The Morgan fingerprint density at radius 2 is 2.00 bits per heavy atom. The van der Waals surface area contributed by atoms with Gasteiger partial charge in [-0.2, -0.15) is 0 Å². The van der Waals surface area contributed by atoms with Crippen molar-refractivity contribution in [3.8, 4) is 0 Å². The number of aliphatic hydroxyl groups is 1. The number of hydrogen-bond acceptors (Lipinski definition) is 1. The number of rotatable bonds is 3. The van der Waals surface area contributed by atoms with E-state index < -0.39 is 0 Å². The molecule has 0 radical (unpaired) electrons. The molecule has 1 aromatic carbocycles. The van der Waals surface area contributed by atoms with Crippen LogP contribution >= 0.6 is 0 Å². The summed E-state index contributed by atoms with van der Waals surface area (Å²) in [5, 5.41) is 10.5. The molecule has 1 N–H and O–H groups in total. The minimum Gasteiger partial charge on any atom is -0.392 e. The summed E-state index contributed by atoms with van der Waals surface area (Å²) in [6.07, 6.45) is 9.59. The molecule has 3 rings (SSSR count). The van der Waals surface area contributed by atoms with E-state index in [4.69, 9.17) is 0 Å². The van der Waals surface area contributed by atoms with Crippen LogP contribution in [-0.4, -0.2) is 11.2 Å². The van der Waals surface area contributed by atoms with E-state index in [2.05, 4.69) is 25.1 Å². The Labute approximate surface area is 117 Å². The molecule has 0 saturated heterocycles. The molecule has 0 heterocycles. The number of hydrogen-bond donors (Lipinski definition) is 1. The fourth-order valence-corrected chi connectivity index (χ4v) is 3.99. The van der Waals surface area contributed by atoms with E-state index in [1.165, 1.54) is 61.6 Å². The number of aryl methyl sites for hydroxylation is 2. The lowest BCUT2D eigenvalue weighted by atomic mass is 9.78. The zero-order valence-electron chi connectivity index (χ0n) is 12.1. The summed E-state index contributed by atoms with van der Waals surface area (Å²) in [5.41, 5.74) is 4.40. The maximum Gasteiger partial charge on any atom is 0.0608 e. The zero-order valence-corrected chi connectivity index (χ0v) is 12.1. The maximum atomic E-state index is 10.5. The van der Waals surface area contributed by atoms with Crippen LogP contribution in [-0.2, 0) is 19.3 Å². The van der Waals surface area contributed by atoms with Crippen molar-refractivity contribution in [2.45, 2.75) is 64.4 Å². The molecule has 0 bridgehead atoms. The Morgan fingerprint density at radius 1 is 1.16 bits per heavy atom. The average Bonchev–Trinajstić information content (AvgIpc) is 2.86. The second-order valence-electron chi connectivity index (χ2n) is 6.76. The first kappa shape index (κ1) is 13.2. The molecule has 19 heavy (non-hydrogen) atoms.